The van der Waals surface area contributed by atoms with Crippen molar-refractivity contribution in [1.29, 1.82) is 0 Å². The molecule has 2 rings (SSSR count). The quantitative estimate of drug-likeness (QED) is 0.730. The van der Waals surface area contributed by atoms with Crippen molar-refractivity contribution in [2.75, 3.05) is 5.32 Å². The number of anilines is 1. The topological polar surface area (TPSA) is 73.2 Å². The highest BCUT2D eigenvalue weighted by Crippen LogP contribution is 2.18. The summed E-state index contributed by atoms with van der Waals surface area (Å²) in [5.74, 6) is -2.41. The predicted molar refractivity (Wildman–Crippen MR) is 101 cm³/mol. The van der Waals surface area contributed by atoms with Gasteiger partial charge in [0.1, 0.15) is 11.6 Å². The van der Waals surface area contributed by atoms with E-state index in [4.69, 9.17) is 4.74 Å². The van der Waals surface area contributed by atoms with Crippen LogP contribution in [0.2, 0.25) is 0 Å². The number of ether oxygens (including phenoxy) is 1. The number of amides is 1. The van der Waals surface area contributed by atoms with Gasteiger partial charge in [0.15, 0.2) is 6.10 Å². The van der Waals surface area contributed by atoms with Crippen LogP contribution in [0.5, 0.6) is 0 Å². The molecule has 0 bridgehead atoms. The van der Waals surface area contributed by atoms with Gasteiger partial charge in [-0.05, 0) is 38.8 Å². The van der Waals surface area contributed by atoms with Gasteiger partial charge in [-0.2, -0.15) is 5.10 Å². The first-order chi connectivity index (χ1) is 13.1. The number of esters is 1. The van der Waals surface area contributed by atoms with Crippen LogP contribution >= 0.6 is 0 Å². The van der Waals surface area contributed by atoms with Crippen molar-refractivity contribution in [3.63, 3.8) is 0 Å². The molecule has 0 fully saturated rings. The predicted octanol–water partition coefficient (Wildman–Crippen LogP) is 3.55. The van der Waals surface area contributed by atoms with E-state index in [9.17, 15) is 18.4 Å². The average Bonchev–Trinajstić information content (AvgIpc) is 2.84. The number of nitrogens with one attached hydrogen (secondary N) is 1. The fourth-order valence-corrected chi connectivity index (χ4v) is 2.78. The minimum atomic E-state index is -1.17. The number of hydrogen-bond donors (Lipinski definition) is 1. The van der Waals surface area contributed by atoms with Crippen molar-refractivity contribution in [3.05, 3.63) is 46.8 Å². The van der Waals surface area contributed by atoms with E-state index >= 15 is 0 Å². The van der Waals surface area contributed by atoms with Crippen LogP contribution in [0, 0.1) is 31.4 Å². The zero-order valence-corrected chi connectivity index (χ0v) is 16.7. The van der Waals surface area contributed by atoms with Crippen LogP contribution in [0.1, 0.15) is 37.7 Å². The summed E-state index contributed by atoms with van der Waals surface area (Å²) in [6, 6.07) is 2.71. The second kappa shape index (κ2) is 8.95. The van der Waals surface area contributed by atoms with E-state index in [1.54, 1.807) is 0 Å². The molecule has 1 aromatic carbocycles. The Labute approximate surface area is 162 Å². The van der Waals surface area contributed by atoms with Gasteiger partial charge in [0.05, 0.1) is 17.8 Å². The summed E-state index contributed by atoms with van der Waals surface area (Å²) in [5, 5.41) is 6.66. The van der Waals surface area contributed by atoms with Crippen molar-refractivity contribution in [2.24, 2.45) is 5.92 Å². The second-order valence-electron chi connectivity index (χ2n) is 7.15. The number of benzene rings is 1. The minimum absolute atomic E-state index is 0.0261. The van der Waals surface area contributed by atoms with E-state index in [0.29, 0.717) is 5.92 Å². The van der Waals surface area contributed by atoms with E-state index in [1.165, 1.54) is 6.92 Å². The lowest BCUT2D eigenvalue weighted by Crippen LogP contribution is -2.31. The number of nitrogens with zero attached hydrogens (tertiary/aromatic N) is 2. The standard InChI is InChI=1S/C20H25F2N3O3/c1-11(2)10-25-13(4)16(12(3)24-25)9-19(26)28-14(5)20(27)23-18-8-15(21)6-7-17(18)22/h6-8,11,14H,9-10H2,1-5H3,(H,23,27). The number of hydrogen-bond acceptors (Lipinski definition) is 4. The Hall–Kier alpha value is -2.77. The molecule has 1 N–H and O–H groups in total. The molecule has 2 aromatic rings. The average molecular weight is 393 g/mol. The molecule has 0 saturated carbocycles. The molecule has 152 valence electrons. The monoisotopic (exact) mass is 393 g/mol. The maximum Gasteiger partial charge on any atom is 0.311 e. The molecule has 0 saturated heterocycles. The van der Waals surface area contributed by atoms with Crippen LogP contribution in [0.15, 0.2) is 18.2 Å². The lowest BCUT2D eigenvalue weighted by Gasteiger charge is -2.14. The van der Waals surface area contributed by atoms with Crippen molar-refractivity contribution in [2.45, 2.75) is 53.7 Å². The first-order valence-electron chi connectivity index (χ1n) is 9.06. The van der Waals surface area contributed by atoms with Crippen LogP contribution in [-0.4, -0.2) is 27.8 Å². The van der Waals surface area contributed by atoms with E-state index in [2.05, 4.69) is 24.3 Å². The normalized spacial score (nSPS) is 12.1. The second-order valence-corrected chi connectivity index (χ2v) is 7.15. The molecular formula is C20H25F2N3O3. The zero-order chi connectivity index (χ0) is 21.0. The molecular weight excluding hydrogens is 368 g/mol. The molecule has 1 amide bonds. The summed E-state index contributed by atoms with van der Waals surface area (Å²) >= 11 is 0. The maximum atomic E-state index is 13.6. The molecule has 1 atom stereocenters. The molecule has 1 heterocycles. The highest BCUT2D eigenvalue weighted by molar-refractivity contribution is 5.95. The fraction of sp³-hybridized carbons (Fsp3) is 0.450. The molecule has 1 unspecified atom stereocenters. The van der Waals surface area contributed by atoms with Gasteiger partial charge >= 0.3 is 5.97 Å². The van der Waals surface area contributed by atoms with Gasteiger partial charge in [0.25, 0.3) is 5.91 Å². The zero-order valence-electron chi connectivity index (χ0n) is 16.7. The number of rotatable bonds is 7. The Balaban J connectivity index is 2.00. The first-order valence-corrected chi connectivity index (χ1v) is 9.06. The molecule has 8 heteroatoms. The lowest BCUT2D eigenvalue weighted by atomic mass is 10.1. The molecule has 0 radical (unpaired) electrons. The van der Waals surface area contributed by atoms with Crippen LogP contribution in [0.25, 0.3) is 0 Å². The molecule has 0 aliphatic rings. The Bertz CT molecular complexity index is 878. The molecule has 0 spiro atoms. The van der Waals surface area contributed by atoms with Gasteiger partial charge in [-0.3, -0.25) is 14.3 Å². The smallest absolute Gasteiger partial charge is 0.311 e. The van der Waals surface area contributed by atoms with Gasteiger partial charge in [-0.25, -0.2) is 8.78 Å². The summed E-state index contributed by atoms with van der Waals surface area (Å²) in [7, 11) is 0. The summed E-state index contributed by atoms with van der Waals surface area (Å²) in [5.41, 5.74) is 2.06. The lowest BCUT2D eigenvalue weighted by molar-refractivity contribution is -0.152. The summed E-state index contributed by atoms with van der Waals surface area (Å²) < 4.78 is 33.8. The van der Waals surface area contributed by atoms with Crippen molar-refractivity contribution in [3.8, 4) is 0 Å². The third-order valence-electron chi connectivity index (χ3n) is 4.25. The molecule has 28 heavy (non-hydrogen) atoms. The van der Waals surface area contributed by atoms with E-state index in [0.717, 1.165) is 41.7 Å². The highest BCUT2D eigenvalue weighted by atomic mass is 19.1. The third kappa shape index (κ3) is 5.37. The SMILES string of the molecule is Cc1nn(CC(C)C)c(C)c1CC(=O)OC(C)C(=O)Nc1cc(F)ccc1F. The summed E-state index contributed by atoms with van der Waals surface area (Å²) in [6.45, 7) is 9.95. The van der Waals surface area contributed by atoms with Crippen LogP contribution in [0.3, 0.4) is 0 Å². The summed E-state index contributed by atoms with van der Waals surface area (Å²) in [4.78, 5) is 24.4. The number of aromatic nitrogens is 2. The van der Waals surface area contributed by atoms with Gasteiger partial charge in [0, 0.05) is 23.9 Å². The van der Waals surface area contributed by atoms with Gasteiger partial charge in [0.2, 0.25) is 0 Å². The molecule has 1 aromatic heterocycles. The third-order valence-corrected chi connectivity index (χ3v) is 4.25. The number of carbonyl (C=O) groups excluding carboxylic acids is 2. The van der Waals surface area contributed by atoms with Crippen LogP contribution in [0.4, 0.5) is 14.5 Å². The van der Waals surface area contributed by atoms with Gasteiger partial charge in [-0.1, -0.05) is 13.8 Å². The number of halogens is 2. The largest absolute Gasteiger partial charge is 0.452 e. The van der Waals surface area contributed by atoms with Crippen molar-refractivity contribution in [1.82, 2.24) is 9.78 Å². The van der Waals surface area contributed by atoms with Crippen LogP contribution in [-0.2, 0) is 27.3 Å². The molecule has 6 nitrogen and oxygen atoms in total. The Morgan fingerprint density at radius 3 is 2.54 bits per heavy atom. The minimum Gasteiger partial charge on any atom is -0.452 e. The molecule has 0 aliphatic carbocycles. The summed E-state index contributed by atoms with van der Waals surface area (Å²) in [6.07, 6.45) is -1.19. The Kier molecular flexibility index (Phi) is 6.88. The maximum absolute atomic E-state index is 13.6. The van der Waals surface area contributed by atoms with Crippen LogP contribution < -0.4 is 5.32 Å². The van der Waals surface area contributed by atoms with Crippen molar-refractivity contribution < 1.29 is 23.1 Å². The number of aryl methyl sites for hydroxylation is 1. The van der Waals surface area contributed by atoms with Gasteiger partial charge in [-0.15, -0.1) is 0 Å². The Morgan fingerprint density at radius 2 is 1.89 bits per heavy atom. The van der Waals surface area contributed by atoms with Gasteiger partial charge < -0.3 is 10.1 Å². The number of carbonyl (C=O) groups is 2. The van der Waals surface area contributed by atoms with Crippen molar-refractivity contribution >= 4 is 17.6 Å². The fourth-order valence-electron chi connectivity index (χ4n) is 2.78. The van der Waals surface area contributed by atoms with E-state index in [1.807, 2.05) is 18.5 Å². The first kappa shape index (κ1) is 21.5. The highest BCUT2D eigenvalue weighted by Gasteiger charge is 2.22. The van der Waals surface area contributed by atoms with E-state index in [-0.39, 0.29) is 12.1 Å². The Morgan fingerprint density at radius 1 is 1.21 bits per heavy atom. The van der Waals surface area contributed by atoms with E-state index < -0.39 is 29.6 Å². The molecule has 0 aliphatic heterocycles.